The number of aromatic amines is 1. The maximum Gasteiger partial charge on any atom is 0.416 e. The normalized spacial score (nSPS) is 21.0. The van der Waals surface area contributed by atoms with Crippen LogP contribution in [0.3, 0.4) is 0 Å². The number of likely N-dealkylation sites (tertiary alicyclic amines) is 1. The van der Waals surface area contributed by atoms with E-state index in [0.29, 0.717) is 29.0 Å². The van der Waals surface area contributed by atoms with Gasteiger partial charge in [0.1, 0.15) is 6.04 Å². The van der Waals surface area contributed by atoms with Gasteiger partial charge in [-0.3, -0.25) is 19.5 Å². The van der Waals surface area contributed by atoms with Crippen molar-refractivity contribution in [3.63, 3.8) is 0 Å². The number of thioether (sulfide) groups is 1. The van der Waals surface area contributed by atoms with E-state index < -0.39 is 59.2 Å². The number of carbonyl (C=O) groups excluding carboxylic acids is 3. The Bertz CT molecular complexity index is 1640. The van der Waals surface area contributed by atoms with Crippen molar-refractivity contribution in [2.45, 2.75) is 37.7 Å². The summed E-state index contributed by atoms with van der Waals surface area (Å²) < 4.78 is 81.9. The van der Waals surface area contributed by atoms with Crippen molar-refractivity contribution < 1.29 is 40.7 Å². The highest BCUT2D eigenvalue weighted by atomic mass is 32.2. The predicted octanol–water partition coefficient (Wildman–Crippen LogP) is 4.86. The molecule has 0 bridgehead atoms. The van der Waals surface area contributed by atoms with Crippen molar-refractivity contribution in [2.24, 2.45) is 16.6 Å². The second-order valence-electron chi connectivity index (χ2n) is 9.78. The predicted molar refractivity (Wildman–Crippen MR) is 141 cm³/mol. The van der Waals surface area contributed by atoms with Crippen LogP contribution < -0.4 is 5.73 Å². The molecular weight excluding hydrogens is 588 g/mol. The molecule has 0 spiro atoms. The molecule has 2 unspecified atom stereocenters. The number of hydrogen-bond acceptors (Lipinski definition) is 6. The minimum atomic E-state index is -5.12. The Morgan fingerprint density at radius 3 is 2.55 bits per heavy atom. The molecule has 1 fully saturated rings. The monoisotopic (exact) mass is 608 g/mol. The molecule has 219 valence electrons. The summed E-state index contributed by atoms with van der Waals surface area (Å²) in [5.41, 5.74) is 3.13. The van der Waals surface area contributed by atoms with E-state index in [-0.39, 0.29) is 34.7 Å². The summed E-state index contributed by atoms with van der Waals surface area (Å²) in [6, 6.07) is 5.12. The Morgan fingerprint density at radius 1 is 1.12 bits per heavy atom. The Balaban J connectivity index is 1.60. The molecule has 2 aliphatic heterocycles. The van der Waals surface area contributed by atoms with Gasteiger partial charge in [-0.15, -0.1) is 0 Å². The van der Waals surface area contributed by atoms with Crippen LogP contribution in [0.4, 0.5) is 26.3 Å². The van der Waals surface area contributed by atoms with Crippen LogP contribution in [0.5, 0.6) is 0 Å². The van der Waals surface area contributed by atoms with E-state index in [2.05, 4.69) is 15.2 Å². The molecule has 5 rings (SSSR count). The van der Waals surface area contributed by atoms with Gasteiger partial charge in [0.15, 0.2) is 5.17 Å². The fraction of sp³-hybridized carbons (Fsp3) is 0.296. The Morgan fingerprint density at radius 2 is 1.88 bits per heavy atom. The lowest BCUT2D eigenvalue weighted by molar-refractivity contribution is -0.143. The lowest BCUT2D eigenvalue weighted by Crippen LogP contribution is -2.51. The second kappa shape index (κ2) is 10.9. The number of aromatic nitrogens is 2. The molecule has 2 atom stereocenters. The number of aliphatic imine (C=N–C) groups is 1. The fourth-order valence-corrected chi connectivity index (χ4v) is 6.08. The zero-order chi connectivity index (χ0) is 30.4. The molecule has 2 amide bonds. The van der Waals surface area contributed by atoms with E-state index in [1.165, 1.54) is 11.1 Å². The van der Waals surface area contributed by atoms with E-state index in [0.717, 1.165) is 17.8 Å². The van der Waals surface area contributed by atoms with E-state index in [1.807, 2.05) is 6.29 Å². The van der Waals surface area contributed by atoms with Crippen molar-refractivity contribution >= 4 is 51.5 Å². The van der Waals surface area contributed by atoms with Crippen LogP contribution in [0.15, 0.2) is 52.5 Å². The Hall–Kier alpha value is -4.14. The topological polar surface area (TPSA) is 122 Å². The minimum Gasteiger partial charge on any atom is -0.368 e. The maximum absolute atomic E-state index is 14.0. The number of halogens is 6. The number of benzene rings is 2. The molecule has 0 aliphatic carbocycles. The number of H-pyrrole nitrogens is 1. The molecule has 0 saturated carbocycles. The first kappa shape index (κ1) is 29.4. The standard InChI is InChI=1S/C27H20F6N5O3S/c28-26(29,30)17-3-1-15(19(10-17)27(31,32)33)9-18(14-2-4-20-16(8-14)11-35-37-20)22-24(41)36-25(42-22)38-6-5-13(12-39)7-21(38)23(34)40/h1-4,8,10-11,13,21H,5-7,9H2,(H2,34,40)(H,35,37). The van der Waals surface area contributed by atoms with Crippen LogP contribution in [-0.4, -0.2) is 51.0 Å². The van der Waals surface area contributed by atoms with E-state index in [1.54, 1.807) is 18.2 Å². The van der Waals surface area contributed by atoms with E-state index in [4.69, 9.17) is 5.73 Å². The van der Waals surface area contributed by atoms with Gasteiger partial charge in [0.05, 0.1) is 27.7 Å². The summed E-state index contributed by atoms with van der Waals surface area (Å²) in [4.78, 5) is 42.1. The summed E-state index contributed by atoms with van der Waals surface area (Å²) in [7, 11) is 0. The van der Waals surface area contributed by atoms with Gasteiger partial charge < -0.3 is 10.6 Å². The quantitative estimate of drug-likeness (QED) is 0.315. The van der Waals surface area contributed by atoms with Crippen LogP contribution in [0.25, 0.3) is 16.5 Å². The highest BCUT2D eigenvalue weighted by Gasteiger charge is 2.40. The average molecular weight is 609 g/mol. The maximum atomic E-state index is 14.0. The highest BCUT2D eigenvalue weighted by molar-refractivity contribution is 8.18. The second-order valence-corrected chi connectivity index (χ2v) is 10.8. The first-order chi connectivity index (χ1) is 19.8. The van der Waals surface area contributed by atoms with Crippen molar-refractivity contribution in [2.75, 3.05) is 6.54 Å². The van der Waals surface area contributed by atoms with Crippen LogP contribution in [0, 0.1) is 5.92 Å². The molecule has 3 N–H and O–H groups in total. The highest BCUT2D eigenvalue weighted by Crippen LogP contribution is 2.42. The number of allylic oxidation sites excluding steroid dienone is 1. The van der Waals surface area contributed by atoms with Gasteiger partial charge in [-0.1, -0.05) is 12.1 Å². The Kier molecular flexibility index (Phi) is 7.64. The number of carbonyl (C=O) groups is 2. The SMILES string of the molecule is NC(=O)C1CC([C]=O)CCN1C1=NC(=O)C(=C(Cc2ccc(C(F)(F)F)cc2C(F)(F)F)c2ccc3[nH]ncc3c2)S1. The molecule has 2 aliphatic rings. The number of alkyl halides is 6. The van der Waals surface area contributed by atoms with Crippen LogP contribution >= 0.6 is 11.8 Å². The first-order valence-electron chi connectivity index (χ1n) is 12.4. The summed E-state index contributed by atoms with van der Waals surface area (Å²) in [6.07, 6.45) is -7.00. The van der Waals surface area contributed by atoms with Crippen molar-refractivity contribution in [3.8, 4) is 0 Å². The van der Waals surface area contributed by atoms with Gasteiger partial charge in [0, 0.05) is 17.8 Å². The summed E-state index contributed by atoms with van der Waals surface area (Å²) in [5.74, 6) is -2.10. The molecule has 1 aromatic heterocycles. The number of amides is 2. The number of nitrogens with two attached hydrogens (primary N) is 1. The van der Waals surface area contributed by atoms with Gasteiger partial charge in [-0.25, -0.2) is 0 Å². The number of amidine groups is 1. The lowest BCUT2D eigenvalue weighted by Gasteiger charge is -2.36. The van der Waals surface area contributed by atoms with Crippen molar-refractivity contribution in [1.29, 1.82) is 0 Å². The fourth-order valence-electron chi connectivity index (χ4n) is 4.99. The first-order valence-corrected chi connectivity index (χ1v) is 13.3. The summed E-state index contributed by atoms with van der Waals surface area (Å²) >= 11 is 0.821. The van der Waals surface area contributed by atoms with Crippen molar-refractivity contribution in [3.05, 3.63) is 69.8 Å². The largest absolute Gasteiger partial charge is 0.416 e. The molecule has 8 nitrogen and oxygen atoms in total. The summed E-state index contributed by atoms with van der Waals surface area (Å²) in [6.45, 7) is 0.146. The number of fused-ring (bicyclic) bond motifs is 1. The van der Waals surface area contributed by atoms with Crippen LogP contribution in [0.1, 0.15) is 35.1 Å². The van der Waals surface area contributed by atoms with Crippen LogP contribution in [-0.2, 0) is 33.2 Å². The molecule has 1 radical (unpaired) electrons. The van der Waals surface area contributed by atoms with Crippen LogP contribution in [0.2, 0.25) is 0 Å². The van der Waals surface area contributed by atoms with Gasteiger partial charge in [-0.2, -0.15) is 36.4 Å². The third-order valence-electron chi connectivity index (χ3n) is 7.10. The van der Waals surface area contributed by atoms with E-state index in [9.17, 15) is 40.7 Å². The molecule has 3 aromatic rings. The third-order valence-corrected chi connectivity index (χ3v) is 8.23. The number of rotatable bonds is 5. The smallest absolute Gasteiger partial charge is 0.368 e. The number of primary amides is 1. The zero-order valence-electron chi connectivity index (χ0n) is 21.3. The van der Waals surface area contributed by atoms with Gasteiger partial charge in [0.25, 0.3) is 5.91 Å². The van der Waals surface area contributed by atoms with Gasteiger partial charge >= 0.3 is 12.4 Å². The Labute approximate surface area is 238 Å². The number of nitrogens with zero attached hydrogens (tertiary/aromatic N) is 3. The number of nitrogens with one attached hydrogen (secondary N) is 1. The van der Waals surface area contributed by atoms with Gasteiger partial charge in [0.2, 0.25) is 12.2 Å². The molecular formula is C27H20F6N5O3S. The molecule has 42 heavy (non-hydrogen) atoms. The molecule has 15 heteroatoms. The number of hydrogen-bond donors (Lipinski definition) is 2. The number of piperidine rings is 1. The third kappa shape index (κ3) is 5.78. The minimum absolute atomic E-state index is 0.0497. The molecule has 1 saturated heterocycles. The zero-order valence-corrected chi connectivity index (χ0v) is 22.2. The lowest BCUT2D eigenvalue weighted by atomic mass is 9.92. The van der Waals surface area contributed by atoms with E-state index >= 15 is 0 Å². The molecule has 3 heterocycles. The van der Waals surface area contributed by atoms with Crippen molar-refractivity contribution in [1.82, 2.24) is 15.1 Å². The average Bonchev–Trinajstić information content (AvgIpc) is 3.56. The molecule has 2 aromatic carbocycles. The summed E-state index contributed by atoms with van der Waals surface area (Å²) in [5, 5.41) is 7.32. The van der Waals surface area contributed by atoms with Gasteiger partial charge in [-0.05, 0) is 72.0 Å².